The fraction of sp³-hybridized carbons (Fsp3) is 0.364. The van der Waals surface area contributed by atoms with Crippen LogP contribution in [0.5, 0.6) is 0 Å². The number of fused-ring (bicyclic) bond motifs is 1. The first-order chi connectivity index (χ1) is 11.6. The van der Waals surface area contributed by atoms with Gasteiger partial charge in [0.2, 0.25) is 0 Å². The highest BCUT2D eigenvalue weighted by Crippen LogP contribution is 2.29. The van der Waals surface area contributed by atoms with Gasteiger partial charge < -0.3 is 4.57 Å². The van der Waals surface area contributed by atoms with Crippen LogP contribution in [0.3, 0.4) is 0 Å². The SMILES string of the molecule is CCCSCCc1ccc2c(C)c(C)n(-c3ccc(C)cc3)c2c1. The number of aryl methyl sites for hydroxylation is 3. The van der Waals surface area contributed by atoms with E-state index in [9.17, 15) is 0 Å². The zero-order valence-corrected chi connectivity index (χ0v) is 16.0. The van der Waals surface area contributed by atoms with Crippen LogP contribution in [0, 0.1) is 20.8 Å². The predicted molar refractivity (Wildman–Crippen MR) is 109 cm³/mol. The Balaban J connectivity index is 2.01. The van der Waals surface area contributed by atoms with E-state index in [1.54, 1.807) is 0 Å². The highest BCUT2D eigenvalue weighted by Gasteiger charge is 2.12. The summed E-state index contributed by atoms with van der Waals surface area (Å²) in [6, 6.07) is 15.9. The molecule has 0 unspecified atom stereocenters. The van der Waals surface area contributed by atoms with E-state index in [1.165, 1.54) is 56.9 Å². The molecular weight excluding hydrogens is 310 g/mol. The van der Waals surface area contributed by atoms with Gasteiger partial charge in [-0.05, 0) is 74.4 Å². The van der Waals surface area contributed by atoms with E-state index in [0.29, 0.717) is 0 Å². The van der Waals surface area contributed by atoms with Gasteiger partial charge >= 0.3 is 0 Å². The van der Waals surface area contributed by atoms with Gasteiger partial charge in [-0.2, -0.15) is 11.8 Å². The summed E-state index contributed by atoms with van der Waals surface area (Å²) in [5.74, 6) is 2.47. The van der Waals surface area contributed by atoms with E-state index in [2.05, 4.69) is 86.5 Å². The normalized spacial score (nSPS) is 11.3. The molecule has 0 aliphatic heterocycles. The van der Waals surface area contributed by atoms with E-state index in [-0.39, 0.29) is 0 Å². The molecular formula is C22H27NS. The molecule has 0 bridgehead atoms. The topological polar surface area (TPSA) is 4.93 Å². The van der Waals surface area contributed by atoms with Gasteiger partial charge in [-0.1, -0.05) is 36.8 Å². The molecule has 0 saturated carbocycles. The Morgan fingerprint density at radius 3 is 2.38 bits per heavy atom. The first kappa shape index (κ1) is 17.2. The summed E-state index contributed by atoms with van der Waals surface area (Å²) >= 11 is 2.06. The summed E-state index contributed by atoms with van der Waals surface area (Å²) in [5, 5.41) is 1.37. The van der Waals surface area contributed by atoms with Crippen molar-refractivity contribution in [2.75, 3.05) is 11.5 Å². The highest BCUT2D eigenvalue weighted by molar-refractivity contribution is 7.99. The van der Waals surface area contributed by atoms with Crippen molar-refractivity contribution in [2.24, 2.45) is 0 Å². The maximum Gasteiger partial charge on any atom is 0.0536 e. The average molecular weight is 338 g/mol. The maximum atomic E-state index is 2.41. The molecule has 0 amide bonds. The van der Waals surface area contributed by atoms with Crippen LogP contribution >= 0.6 is 11.8 Å². The molecule has 3 aromatic rings. The van der Waals surface area contributed by atoms with Crippen LogP contribution in [0.4, 0.5) is 0 Å². The number of nitrogens with zero attached hydrogens (tertiary/aromatic N) is 1. The van der Waals surface area contributed by atoms with Crippen LogP contribution in [0.2, 0.25) is 0 Å². The third-order valence-corrected chi connectivity index (χ3v) is 5.95. The Morgan fingerprint density at radius 2 is 1.67 bits per heavy atom. The van der Waals surface area contributed by atoms with E-state index in [1.807, 2.05) is 0 Å². The largest absolute Gasteiger partial charge is 0.314 e. The van der Waals surface area contributed by atoms with Crippen LogP contribution in [0.25, 0.3) is 16.6 Å². The monoisotopic (exact) mass is 337 g/mol. The number of hydrogen-bond acceptors (Lipinski definition) is 1. The summed E-state index contributed by atoms with van der Waals surface area (Å²) in [6.45, 7) is 8.85. The second-order valence-corrected chi connectivity index (χ2v) is 7.82. The average Bonchev–Trinajstić information content (AvgIpc) is 2.84. The van der Waals surface area contributed by atoms with Crippen molar-refractivity contribution in [1.29, 1.82) is 0 Å². The lowest BCUT2D eigenvalue weighted by molar-refractivity contribution is 1.03. The van der Waals surface area contributed by atoms with Gasteiger partial charge in [0.15, 0.2) is 0 Å². The minimum Gasteiger partial charge on any atom is -0.314 e. The van der Waals surface area contributed by atoms with Crippen molar-refractivity contribution in [3.05, 3.63) is 64.8 Å². The third-order valence-electron chi connectivity index (χ3n) is 4.76. The molecule has 0 aliphatic carbocycles. The van der Waals surface area contributed by atoms with Gasteiger partial charge in [0.25, 0.3) is 0 Å². The molecule has 1 nitrogen and oxygen atoms in total. The molecule has 2 aromatic carbocycles. The molecule has 1 aromatic heterocycles. The van der Waals surface area contributed by atoms with E-state index >= 15 is 0 Å². The molecule has 1 heterocycles. The highest BCUT2D eigenvalue weighted by atomic mass is 32.2. The Kier molecular flexibility index (Phi) is 5.35. The zero-order valence-electron chi connectivity index (χ0n) is 15.2. The number of hydrogen-bond donors (Lipinski definition) is 0. The smallest absolute Gasteiger partial charge is 0.0536 e. The van der Waals surface area contributed by atoms with Crippen molar-refractivity contribution in [1.82, 2.24) is 4.57 Å². The quantitative estimate of drug-likeness (QED) is 0.482. The summed E-state index contributed by atoms with van der Waals surface area (Å²) in [7, 11) is 0. The summed E-state index contributed by atoms with van der Waals surface area (Å²) in [6.07, 6.45) is 2.41. The van der Waals surface area contributed by atoms with E-state index < -0.39 is 0 Å². The molecule has 0 atom stereocenters. The molecule has 0 fully saturated rings. The van der Waals surface area contributed by atoms with E-state index in [4.69, 9.17) is 0 Å². The molecule has 24 heavy (non-hydrogen) atoms. The number of rotatable bonds is 6. The van der Waals surface area contributed by atoms with Crippen molar-refractivity contribution in [3.63, 3.8) is 0 Å². The molecule has 0 spiro atoms. The Bertz CT molecular complexity index is 827. The first-order valence-corrected chi connectivity index (χ1v) is 10.0. The van der Waals surface area contributed by atoms with E-state index in [0.717, 1.165) is 6.42 Å². The molecule has 0 radical (unpaired) electrons. The van der Waals surface area contributed by atoms with Crippen molar-refractivity contribution in [3.8, 4) is 5.69 Å². The lowest BCUT2D eigenvalue weighted by Gasteiger charge is -2.10. The van der Waals surface area contributed by atoms with Crippen molar-refractivity contribution < 1.29 is 0 Å². The van der Waals surface area contributed by atoms with Crippen LogP contribution in [-0.2, 0) is 6.42 Å². The first-order valence-electron chi connectivity index (χ1n) is 8.87. The van der Waals surface area contributed by atoms with Gasteiger partial charge in [0.05, 0.1) is 5.52 Å². The molecule has 2 heteroatoms. The number of thioether (sulfide) groups is 1. The van der Waals surface area contributed by atoms with Crippen molar-refractivity contribution >= 4 is 22.7 Å². The Morgan fingerprint density at radius 1 is 0.917 bits per heavy atom. The molecule has 126 valence electrons. The summed E-state index contributed by atoms with van der Waals surface area (Å²) in [4.78, 5) is 0. The maximum absolute atomic E-state index is 2.41. The predicted octanol–water partition coefficient (Wildman–Crippen LogP) is 6.24. The fourth-order valence-electron chi connectivity index (χ4n) is 3.24. The fourth-order valence-corrected chi connectivity index (χ4v) is 4.11. The summed E-state index contributed by atoms with van der Waals surface area (Å²) in [5.41, 5.74) is 8.07. The lowest BCUT2D eigenvalue weighted by atomic mass is 10.1. The lowest BCUT2D eigenvalue weighted by Crippen LogP contribution is -1.97. The molecule has 0 aliphatic rings. The van der Waals surface area contributed by atoms with Crippen LogP contribution < -0.4 is 0 Å². The van der Waals surface area contributed by atoms with Gasteiger partial charge in [0, 0.05) is 16.8 Å². The summed E-state index contributed by atoms with van der Waals surface area (Å²) < 4.78 is 2.41. The minimum absolute atomic E-state index is 1.15. The molecule has 3 rings (SSSR count). The van der Waals surface area contributed by atoms with Crippen LogP contribution in [0.15, 0.2) is 42.5 Å². The minimum atomic E-state index is 1.15. The standard InChI is InChI=1S/C22H27NS/c1-5-13-24-14-12-19-8-11-21-17(3)18(4)23(22(21)15-19)20-9-6-16(2)7-10-20/h6-11,15H,5,12-14H2,1-4H3. The Labute approximate surface area is 150 Å². The number of aromatic nitrogens is 1. The number of benzene rings is 2. The van der Waals surface area contributed by atoms with Gasteiger partial charge in [0.1, 0.15) is 0 Å². The zero-order chi connectivity index (χ0) is 17.1. The van der Waals surface area contributed by atoms with Crippen LogP contribution in [-0.4, -0.2) is 16.1 Å². The van der Waals surface area contributed by atoms with Crippen molar-refractivity contribution in [2.45, 2.75) is 40.5 Å². The molecule has 0 saturated heterocycles. The van der Waals surface area contributed by atoms with Gasteiger partial charge in [-0.25, -0.2) is 0 Å². The van der Waals surface area contributed by atoms with Crippen LogP contribution in [0.1, 0.15) is 35.7 Å². The van der Waals surface area contributed by atoms with Gasteiger partial charge in [-0.15, -0.1) is 0 Å². The van der Waals surface area contributed by atoms with Gasteiger partial charge in [-0.3, -0.25) is 0 Å². The molecule has 0 N–H and O–H groups in total. The second-order valence-electron chi connectivity index (χ2n) is 6.60. The third kappa shape index (κ3) is 3.39. The Hall–Kier alpha value is -1.67. The second kappa shape index (κ2) is 7.48.